The van der Waals surface area contributed by atoms with Gasteiger partial charge in [-0.25, -0.2) is 27.5 Å². The number of hydroxylamine groups is 1. The minimum absolute atomic E-state index is 0.0187. The molecule has 2 aliphatic rings. The van der Waals surface area contributed by atoms with Gasteiger partial charge in [-0.1, -0.05) is 36.4 Å². The molecule has 0 aromatic heterocycles. The van der Waals surface area contributed by atoms with Crippen LogP contribution in [0.25, 0.3) is 11.1 Å². The summed E-state index contributed by atoms with van der Waals surface area (Å²) < 4.78 is 61.4. The molecule has 1 unspecified atom stereocenters. The SMILES string of the molecule is O=C(NOC1CCCCO1)C1(S(=O)(=O)c2ccc(-c3ccc(CCCC(F)F)cc3)cc2)CCOCC1. The smallest absolute Gasteiger partial charge is 0.265 e. The molecule has 2 saturated heterocycles. The van der Waals surface area contributed by atoms with Gasteiger partial charge in [-0.2, -0.15) is 0 Å². The highest BCUT2D eigenvalue weighted by Crippen LogP contribution is 2.36. The van der Waals surface area contributed by atoms with E-state index in [0.29, 0.717) is 25.9 Å². The first-order valence-electron chi connectivity index (χ1n) is 12.7. The molecule has 0 aliphatic carbocycles. The van der Waals surface area contributed by atoms with Gasteiger partial charge in [0.15, 0.2) is 20.9 Å². The van der Waals surface area contributed by atoms with Crippen molar-refractivity contribution < 1.29 is 36.3 Å². The summed E-state index contributed by atoms with van der Waals surface area (Å²) in [4.78, 5) is 18.7. The maximum atomic E-state index is 13.8. The Kier molecular flexibility index (Phi) is 9.28. The van der Waals surface area contributed by atoms with E-state index in [0.717, 1.165) is 29.5 Å². The Morgan fingerprint density at radius 2 is 1.65 bits per heavy atom. The number of hydrogen-bond acceptors (Lipinski definition) is 6. The number of nitrogens with one attached hydrogen (secondary N) is 1. The van der Waals surface area contributed by atoms with Crippen LogP contribution in [-0.4, -0.2) is 51.6 Å². The fourth-order valence-electron chi connectivity index (χ4n) is 4.71. The third-order valence-corrected chi connectivity index (χ3v) is 9.50. The zero-order valence-corrected chi connectivity index (χ0v) is 21.5. The van der Waals surface area contributed by atoms with Gasteiger partial charge >= 0.3 is 0 Å². The van der Waals surface area contributed by atoms with Gasteiger partial charge in [-0.05, 0) is 67.3 Å². The molecule has 2 aromatic carbocycles. The Labute approximate surface area is 216 Å². The average molecular weight is 538 g/mol. The van der Waals surface area contributed by atoms with E-state index in [9.17, 15) is 22.0 Å². The number of carbonyl (C=O) groups is 1. The molecule has 0 saturated carbocycles. The minimum Gasteiger partial charge on any atom is -0.381 e. The maximum Gasteiger partial charge on any atom is 0.265 e. The van der Waals surface area contributed by atoms with Gasteiger partial charge in [0.25, 0.3) is 5.91 Å². The summed E-state index contributed by atoms with van der Waals surface area (Å²) in [5, 5.41) is 0. The van der Waals surface area contributed by atoms with Crippen LogP contribution in [0.2, 0.25) is 0 Å². The lowest BCUT2D eigenvalue weighted by Gasteiger charge is -2.35. The lowest BCUT2D eigenvalue weighted by atomic mass is 9.98. The molecule has 10 heteroatoms. The van der Waals surface area contributed by atoms with E-state index in [1.807, 2.05) is 24.3 Å². The number of amides is 1. The zero-order chi connectivity index (χ0) is 26.3. The predicted octanol–water partition coefficient (Wildman–Crippen LogP) is 4.84. The van der Waals surface area contributed by atoms with E-state index in [2.05, 4.69) is 5.48 Å². The van der Waals surface area contributed by atoms with Crippen molar-refractivity contribution in [2.45, 2.75) is 73.7 Å². The molecule has 2 aliphatic heterocycles. The van der Waals surface area contributed by atoms with E-state index in [1.54, 1.807) is 12.1 Å². The summed E-state index contributed by atoms with van der Waals surface area (Å²) in [7, 11) is -4.07. The van der Waals surface area contributed by atoms with E-state index in [4.69, 9.17) is 14.3 Å². The molecule has 1 amide bonds. The molecular formula is C27H33F2NO6S. The van der Waals surface area contributed by atoms with Gasteiger partial charge in [0.1, 0.15) is 0 Å². The van der Waals surface area contributed by atoms with Crippen LogP contribution in [0.5, 0.6) is 0 Å². The average Bonchev–Trinajstić information content (AvgIpc) is 2.93. The molecule has 37 heavy (non-hydrogen) atoms. The molecule has 2 aromatic rings. The highest BCUT2D eigenvalue weighted by atomic mass is 32.2. The summed E-state index contributed by atoms with van der Waals surface area (Å²) in [5.41, 5.74) is 5.01. The van der Waals surface area contributed by atoms with Crippen molar-refractivity contribution in [1.82, 2.24) is 5.48 Å². The van der Waals surface area contributed by atoms with Crippen molar-refractivity contribution in [3.63, 3.8) is 0 Å². The molecule has 1 N–H and O–H groups in total. The van der Waals surface area contributed by atoms with Crippen LogP contribution in [0, 0.1) is 0 Å². The van der Waals surface area contributed by atoms with Crippen LogP contribution in [-0.2, 0) is 35.4 Å². The van der Waals surface area contributed by atoms with Crippen LogP contribution in [0.3, 0.4) is 0 Å². The second kappa shape index (κ2) is 12.4. The Hall–Kier alpha value is -2.40. The Balaban J connectivity index is 1.48. The Morgan fingerprint density at radius 3 is 2.24 bits per heavy atom. The van der Waals surface area contributed by atoms with Crippen molar-refractivity contribution in [3.05, 3.63) is 54.1 Å². The highest BCUT2D eigenvalue weighted by molar-refractivity contribution is 7.93. The minimum atomic E-state index is -4.07. The second-order valence-electron chi connectivity index (χ2n) is 9.46. The molecule has 2 heterocycles. The normalized spacial score (nSPS) is 20.0. The van der Waals surface area contributed by atoms with Crippen LogP contribution in [0.1, 0.15) is 50.5 Å². The number of ether oxygens (including phenoxy) is 2. The highest BCUT2D eigenvalue weighted by Gasteiger charge is 2.52. The van der Waals surface area contributed by atoms with Crippen molar-refractivity contribution >= 4 is 15.7 Å². The first kappa shape index (κ1) is 27.6. The largest absolute Gasteiger partial charge is 0.381 e. The van der Waals surface area contributed by atoms with Crippen LogP contribution >= 0.6 is 0 Å². The monoisotopic (exact) mass is 537 g/mol. The fraction of sp³-hybridized carbons (Fsp3) is 0.519. The maximum absolute atomic E-state index is 13.8. The van der Waals surface area contributed by atoms with Crippen LogP contribution < -0.4 is 5.48 Å². The lowest BCUT2D eigenvalue weighted by Crippen LogP contribution is -2.56. The third kappa shape index (κ3) is 6.54. The predicted molar refractivity (Wildman–Crippen MR) is 134 cm³/mol. The summed E-state index contributed by atoms with van der Waals surface area (Å²) in [5.74, 6) is -0.712. The fourth-order valence-corrected chi connectivity index (χ4v) is 6.65. The van der Waals surface area contributed by atoms with E-state index < -0.39 is 33.2 Å². The van der Waals surface area contributed by atoms with Gasteiger partial charge in [-0.15, -0.1) is 0 Å². The van der Waals surface area contributed by atoms with E-state index in [-0.39, 0.29) is 37.4 Å². The number of hydrogen-bond donors (Lipinski definition) is 1. The van der Waals surface area contributed by atoms with Crippen molar-refractivity contribution in [3.8, 4) is 11.1 Å². The topological polar surface area (TPSA) is 90.9 Å². The number of rotatable bonds is 10. The Morgan fingerprint density at radius 1 is 1.00 bits per heavy atom. The van der Waals surface area contributed by atoms with Crippen molar-refractivity contribution in [2.24, 2.45) is 0 Å². The van der Waals surface area contributed by atoms with Crippen molar-refractivity contribution in [2.75, 3.05) is 19.8 Å². The molecule has 0 spiro atoms. The molecule has 0 bridgehead atoms. The number of sulfone groups is 1. The molecule has 1 atom stereocenters. The molecule has 0 radical (unpaired) electrons. The lowest BCUT2D eigenvalue weighted by molar-refractivity contribution is -0.202. The standard InChI is InChI=1S/C27H33F2NO6S/c28-24(29)5-3-4-20-7-9-21(10-8-20)22-11-13-23(14-12-22)37(32,33)27(15-18-34-19-16-27)26(31)30-36-25-6-1-2-17-35-25/h7-14,24-25H,1-6,15-19H2,(H,30,31). The van der Waals surface area contributed by atoms with Gasteiger partial charge in [0.05, 0.1) is 4.90 Å². The molecule has 7 nitrogen and oxygen atoms in total. The number of aryl methyl sites for hydroxylation is 1. The summed E-state index contributed by atoms with van der Waals surface area (Å²) >= 11 is 0. The third-order valence-electron chi connectivity index (χ3n) is 6.99. The number of carbonyl (C=O) groups excluding carboxylic acids is 1. The molecule has 4 rings (SSSR count). The number of alkyl halides is 2. The molecular weight excluding hydrogens is 504 g/mol. The molecule has 202 valence electrons. The van der Waals surface area contributed by atoms with Gasteiger partial charge in [0.2, 0.25) is 6.43 Å². The molecule has 2 fully saturated rings. The van der Waals surface area contributed by atoms with Crippen LogP contribution in [0.4, 0.5) is 8.78 Å². The Bertz CT molecular complexity index is 1130. The zero-order valence-electron chi connectivity index (χ0n) is 20.7. The second-order valence-corrected chi connectivity index (χ2v) is 11.7. The van der Waals surface area contributed by atoms with E-state index in [1.165, 1.54) is 12.1 Å². The van der Waals surface area contributed by atoms with Gasteiger partial charge in [0, 0.05) is 32.7 Å². The summed E-state index contributed by atoms with van der Waals surface area (Å²) in [6.45, 7) is 0.828. The van der Waals surface area contributed by atoms with Gasteiger partial charge < -0.3 is 9.47 Å². The number of halogens is 2. The summed E-state index contributed by atoms with van der Waals surface area (Å²) in [6.07, 6.45) is 0.484. The van der Waals surface area contributed by atoms with Crippen LogP contribution in [0.15, 0.2) is 53.4 Å². The first-order chi connectivity index (χ1) is 17.8. The van der Waals surface area contributed by atoms with E-state index >= 15 is 0 Å². The van der Waals surface area contributed by atoms with Gasteiger partial charge in [-0.3, -0.25) is 4.79 Å². The number of benzene rings is 2. The summed E-state index contributed by atoms with van der Waals surface area (Å²) in [6, 6.07) is 14.0. The van der Waals surface area contributed by atoms with Crippen molar-refractivity contribution in [1.29, 1.82) is 0 Å². The first-order valence-corrected chi connectivity index (χ1v) is 14.2. The quantitative estimate of drug-likeness (QED) is 0.436.